The van der Waals surface area contributed by atoms with Crippen LogP contribution in [0.4, 0.5) is 5.69 Å². The van der Waals surface area contributed by atoms with Gasteiger partial charge in [0.15, 0.2) is 0 Å². The number of halogens is 1. The maximum atomic E-state index is 12.4. The molecule has 3 heteroatoms. The standard InChI is InChI=1S/C19H28BrNO/c1-19(2,3)18(22)21-17-12-11-15(20)13-16(17)14-9-7-5-4-6-8-10-14/h11-14H,4-10H2,1-3H3,(H,21,22). The third kappa shape index (κ3) is 4.84. The first kappa shape index (κ1) is 17.5. The molecule has 1 aromatic carbocycles. The molecule has 1 saturated carbocycles. The van der Waals surface area contributed by atoms with Crippen LogP contribution in [0.15, 0.2) is 22.7 Å². The number of hydrogen-bond acceptors (Lipinski definition) is 1. The molecule has 0 aromatic heterocycles. The molecule has 1 amide bonds. The van der Waals surface area contributed by atoms with E-state index in [9.17, 15) is 4.79 Å². The zero-order valence-corrected chi connectivity index (χ0v) is 15.6. The Morgan fingerprint density at radius 2 is 1.68 bits per heavy atom. The third-order valence-corrected chi connectivity index (χ3v) is 4.98. The summed E-state index contributed by atoms with van der Waals surface area (Å²) in [7, 11) is 0. The SMILES string of the molecule is CC(C)(C)C(=O)Nc1ccc(Br)cc1C1CCCCCCC1. The van der Waals surface area contributed by atoms with Crippen molar-refractivity contribution in [3.05, 3.63) is 28.2 Å². The summed E-state index contributed by atoms with van der Waals surface area (Å²) in [5.41, 5.74) is 1.92. The van der Waals surface area contributed by atoms with Crippen LogP contribution in [0.3, 0.4) is 0 Å². The molecule has 1 fully saturated rings. The summed E-state index contributed by atoms with van der Waals surface area (Å²) in [5, 5.41) is 3.15. The number of carbonyl (C=O) groups is 1. The number of amides is 1. The van der Waals surface area contributed by atoms with E-state index in [1.807, 2.05) is 32.9 Å². The largest absolute Gasteiger partial charge is 0.325 e. The predicted molar refractivity (Wildman–Crippen MR) is 97.3 cm³/mol. The Balaban J connectivity index is 2.24. The van der Waals surface area contributed by atoms with Gasteiger partial charge in [-0.3, -0.25) is 4.79 Å². The summed E-state index contributed by atoms with van der Waals surface area (Å²) in [4.78, 5) is 12.4. The van der Waals surface area contributed by atoms with E-state index in [1.165, 1.54) is 50.5 Å². The number of nitrogens with one attached hydrogen (secondary N) is 1. The molecule has 1 aliphatic rings. The molecule has 0 radical (unpaired) electrons. The Morgan fingerprint density at radius 3 is 2.27 bits per heavy atom. The van der Waals surface area contributed by atoms with Gasteiger partial charge >= 0.3 is 0 Å². The fraction of sp³-hybridized carbons (Fsp3) is 0.632. The summed E-state index contributed by atoms with van der Waals surface area (Å²) in [6.07, 6.45) is 9.11. The van der Waals surface area contributed by atoms with Gasteiger partial charge in [-0.25, -0.2) is 0 Å². The molecule has 0 aliphatic heterocycles. The molecule has 0 heterocycles. The maximum Gasteiger partial charge on any atom is 0.229 e. The summed E-state index contributed by atoms with van der Waals surface area (Å²) >= 11 is 3.59. The van der Waals surface area contributed by atoms with Crippen LogP contribution in [0, 0.1) is 5.41 Å². The van der Waals surface area contributed by atoms with Crippen molar-refractivity contribution in [1.29, 1.82) is 0 Å². The van der Waals surface area contributed by atoms with Crippen molar-refractivity contribution in [1.82, 2.24) is 0 Å². The molecule has 0 atom stereocenters. The topological polar surface area (TPSA) is 29.1 Å². The Bertz CT molecular complexity index is 511. The Labute approximate surface area is 143 Å². The van der Waals surface area contributed by atoms with Crippen LogP contribution in [0.25, 0.3) is 0 Å². The number of anilines is 1. The van der Waals surface area contributed by atoms with E-state index in [4.69, 9.17) is 0 Å². The second-order valence-electron chi connectivity index (χ2n) is 7.48. The van der Waals surface area contributed by atoms with Gasteiger partial charge < -0.3 is 5.32 Å². The number of carbonyl (C=O) groups excluding carboxylic acids is 1. The molecule has 0 saturated heterocycles. The normalized spacial score (nSPS) is 17.6. The van der Waals surface area contributed by atoms with Gasteiger partial charge in [-0.2, -0.15) is 0 Å². The van der Waals surface area contributed by atoms with Crippen LogP contribution in [0.2, 0.25) is 0 Å². The van der Waals surface area contributed by atoms with Gasteiger partial charge in [-0.05, 0) is 42.5 Å². The molecule has 22 heavy (non-hydrogen) atoms. The van der Waals surface area contributed by atoms with E-state index in [0.717, 1.165) is 10.2 Å². The third-order valence-electron chi connectivity index (χ3n) is 4.49. The van der Waals surface area contributed by atoms with Crippen molar-refractivity contribution in [2.45, 2.75) is 71.6 Å². The molecule has 0 spiro atoms. The maximum absolute atomic E-state index is 12.4. The highest BCUT2D eigenvalue weighted by atomic mass is 79.9. The summed E-state index contributed by atoms with van der Waals surface area (Å²) in [6.45, 7) is 5.87. The summed E-state index contributed by atoms with van der Waals surface area (Å²) in [5.74, 6) is 0.648. The molecule has 1 aliphatic carbocycles. The average Bonchev–Trinajstić information content (AvgIpc) is 2.39. The second-order valence-corrected chi connectivity index (χ2v) is 8.39. The van der Waals surface area contributed by atoms with E-state index in [2.05, 4.69) is 27.3 Å². The first-order valence-corrected chi connectivity index (χ1v) is 9.28. The number of hydrogen-bond donors (Lipinski definition) is 1. The van der Waals surface area contributed by atoms with E-state index in [1.54, 1.807) is 0 Å². The lowest BCUT2D eigenvalue weighted by atomic mass is 9.85. The smallest absolute Gasteiger partial charge is 0.229 e. The van der Waals surface area contributed by atoms with Gasteiger partial charge in [0.25, 0.3) is 0 Å². The lowest BCUT2D eigenvalue weighted by Gasteiger charge is -2.25. The Hall–Kier alpha value is -0.830. The second kappa shape index (κ2) is 7.63. The molecule has 1 aromatic rings. The van der Waals surface area contributed by atoms with Crippen LogP contribution in [-0.4, -0.2) is 5.91 Å². The molecule has 0 unspecified atom stereocenters. The molecular formula is C19H28BrNO. The lowest BCUT2D eigenvalue weighted by molar-refractivity contribution is -0.123. The van der Waals surface area contributed by atoms with Crippen LogP contribution >= 0.6 is 15.9 Å². The minimum absolute atomic E-state index is 0.0851. The van der Waals surface area contributed by atoms with Crippen LogP contribution in [0.5, 0.6) is 0 Å². The number of rotatable bonds is 2. The van der Waals surface area contributed by atoms with Crippen LogP contribution < -0.4 is 5.32 Å². The highest BCUT2D eigenvalue weighted by Crippen LogP contribution is 2.37. The van der Waals surface area contributed by atoms with E-state index in [0.29, 0.717) is 5.92 Å². The van der Waals surface area contributed by atoms with Gasteiger partial charge in [-0.1, -0.05) is 68.8 Å². The molecular weight excluding hydrogens is 338 g/mol. The molecule has 0 bridgehead atoms. The number of benzene rings is 1. The quantitative estimate of drug-likeness (QED) is 0.657. The van der Waals surface area contributed by atoms with Gasteiger partial charge in [-0.15, -0.1) is 0 Å². The predicted octanol–water partition coefficient (Wildman–Crippen LogP) is 6.26. The van der Waals surface area contributed by atoms with Crippen molar-refractivity contribution >= 4 is 27.5 Å². The average molecular weight is 366 g/mol. The minimum Gasteiger partial charge on any atom is -0.325 e. The van der Waals surface area contributed by atoms with Crippen LogP contribution in [-0.2, 0) is 4.79 Å². The fourth-order valence-electron chi connectivity index (χ4n) is 3.06. The first-order valence-electron chi connectivity index (χ1n) is 8.49. The highest BCUT2D eigenvalue weighted by Gasteiger charge is 2.24. The van der Waals surface area contributed by atoms with Crippen molar-refractivity contribution in [2.24, 2.45) is 5.41 Å². The lowest BCUT2D eigenvalue weighted by Crippen LogP contribution is -2.28. The van der Waals surface area contributed by atoms with Gasteiger partial charge in [0, 0.05) is 15.6 Å². The Kier molecular flexibility index (Phi) is 6.08. The highest BCUT2D eigenvalue weighted by molar-refractivity contribution is 9.10. The zero-order valence-electron chi connectivity index (χ0n) is 14.0. The molecule has 1 N–H and O–H groups in total. The van der Waals surface area contributed by atoms with Gasteiger partial charge in [0.1, 0.15) is 0 Å². The van der Waals surface area contributed by atoms with E-state index < -0.39 is 0 Å². The molecule has 2 nitrogen and oxygen atoms in total. The fourth-order valence-corrected chi connectivity index (χ4v) is 3.44. The van der Waals surface area contributed by atoms with Crippen molar-refractivity contribution < 1.29 is 4.79 Å². The van der Waals surface area contributed by atoms with Crippen LogP contribution in [0.1, 0.15) is 77.2 Å². The summed E-state index contributed by atoms with van der Waals surface area (Å²) in [6, 6.07) is 6.26. The van der Waals surface area contributed by atoms with Gasteiger partial charge in [0.05, 0.1) is 0 Å². The minimum atomic E-state index is -0.370. The van der Waals surface area contributed by atoms with E-state index >= 15 is 0 Å². The van der Waals surface area contributed by atoms with E-state index in [-0.39, 0.29) is 11.3 Å². The van der Waals surface area contributed by atoms with Crippen molar-refractivity contribution in [3.8, 4) is 0 Å². The monoisotopic (exact) mass is 365 g/mol. The molecule has 122 valence electrons. The first-order chi connectivity index (χ1) is 10.4. The Morgan fingerprint density at radius 1 is 1.09 bits per heavy atom. The zero-order chi connectivity index (χ0) is 16.2. The van der Waals surface area contributed by atoms with Crippen molar-refractivity contribution in [2.75, 3.05) is 5.32 Å². The van der Waals surface area contributed by atoms with Gasteiger partial charge in [0.2, 0.25) is 5.91 Å². The molecule has 2 rings (SSSR count). The summed E-state index contributed by atoms with van der Waals surface area (Å²) < 4.78 is 1.10. The van der Waals surface area contributed by atoms with Crippen molar-refractivity contribution in [3.63, 3.8) is 0 Å².